The largest absolute Gasteiger partial charge is 0.351 e. The van der Waals surface area contributed by atoms with E-state index in [0.29, 0.717) is 17.5 Å². The van der Waals surface area contributed by atoms with E-state index in [1.807, 2.05) is 12.1 Å². The molecule has 2 heterocycles. The first-order chi connectivity index (χ1) is 12.5. The lowest BCUT2D eigenvalue weighted by atomic mass is 10.2. The molecule has 0 saturated carbocycles. The summed E-state index contributed by atoms with van der Waals surface area (Å²) in [6, 6.07) is 8.13. The maximum atomic E-state index is 13.5. The smallest absolute Gasteiger partial charge is 0.254 e. The molecule has 0 bridgehead atoms. The summed E-state index contributed by atoms with van der Waals surface area (Å²) in [7, 11) is 0. The topological polar surface area (TPSA) is 88.4 Å². The number of rotatable bonds is 6. The normalized spacial score (nSPS) is 10.7. The summed E-state index contributed by atoms with van der Waals surface area (Å²) in [5.41, 5.74) is 0.395. The summed E-state index contributed by atoms with van der Waals surface area (Å²) in [5.74, 6) is -2.16. The maximum Gasteiger partial charge on any atom is 0.254 e. The number of nitrogens with zero attached hydrogens (tertiary/aromatic N) is 3. The Bertz CT molecular complexity index is 957. The Balaban J connectivity index is 1.46. The number of pyridine rings is 1. The third-order valence-electron chi connectivity index (χ3n) is 3.64. The van der Waals surface area contributed by atoms with Gasteiger partial charge in [0.1, 0.15) is 11.6 Å². The molecule has 1 aromatic carbocycles. The van der Waals surface area contributed by atoms with E-state index in [4.69, 9.17) is 0 Å². The summed E-state index contributed by atoms with van der Waals surface area (Å²) >= 11 is 0. The number of hydrogen-bond acceptors (Lipinski definition) is 4. The average molecular weight is 359 g/mol. The van der Waals surface area contributed by atoms with E-state index in [2.05, 4.69) is 20.8 Å². The van der Waals surface area contributed by atoms with Crippen LogP contribution >= 0.6 is 0 Å². The van der Waals surface area contributed by atoms with Crippen LogP contribution in [0.5, 0.6) is 0 Å². The molecular weight excluding hydrogens is 344 g/mol. The van der Waals surface area contributed by atoms with Gasteiger partial charge in [-0.05, 0) is 24.3 Å². The van der Waals surface area contributed by atoms with Gasteiger partial charge in [0.2, 0.25) is 5.91 Å². The van der Waals surface area contributed by atoms with Crippen molar-refractivity contribution >= 4 is 17.5 Å². The number of aromatic nitrogens is 3. The van der Waals surface area contributed by atoms with Gasteiger partial charge in [0.05, 0.1) is 12.1 Å². The Morgan fingerprint density at radius 1 is 1.08 bits per heavy atom. The molecule has 0 spiro atoms. The fourth-order valence-electron chi connectivity index (χ4n) is 2.34. The van der Waals surface area contributed by atoms with Crippen molar-refractivity contribution < 1.29 is 18.4 Å². The van der Waals surface area contributed by atoms with Crippen LogP contribution < -0.4 is 10.6 Å². The lowest BCUT2D eigenvalue weighted by molar-refractivity contribution is -0.121. The van der Waals surface area contributed by atoms with Crippen molar-refractivity contribution in [3.05, 3.63) is 65.6 Å². The standard InChI is InChI=1S/C17H15F2N5O2/c18-11-4-5-12(13(19)9-11)17(26)20-7-6-16(25)21-10-15-23-22-14-3-1-2-8-24(14)15/h1-5,8-9H,6-7,10H2,(H,20,26)(H,21,25). The highest BCUT2D eigenvalue weighted by Gasteiger charge is 2.13. The van der Waals surface area contributed by atoms with Gasteiger partial charge in [-0.15, -0.1) is 10.2 Å². The summed E-state index contributed by atoms with van der Waals surface area (Å²) in [5, 5.41) is 13.1. The first kappa shape index (κ1) is 17.5. The van der Waals surface area contributed by atoms with Gasteiger partial charge in [-0.25, -0.2) is 8.78 Å². The molecule has 3 aromatic rings. The Morgan fingerprint density at radius 2 is 1.92 bits per heavy atom. The quantitative estimate of drug-likeness (QED) is 0.697. The molecule has 0 atom stereocenters. The van der Waals surface area contributed by atoms with E-state index in [0.717, 1.165) is 12.1 Å². The summed E-state index contributed by atoms with van der Waals surface area (Å²) in [6.07, 6.45) is 1.79. The average Bonchev–Trinajstić information content (AvgIpc) is 3.03. The number of nitrogens with one attached hydrogen (secondary N) is 2. The van der Waals surface area contributed by atoms with Crippen LogP contribution in [0.15, 0.2) is 42.6 Å². The molecule has 3 rings (SSSR count). The number of carbonyl (C=O) groups is 2. The zero-order valence-electron chi connectivity index (χ0n) is 13.6. The number of carbonyl (C=O) groups excluding carboxylic acids is 2. The molecule has 0 radical (unpaired) electrons. The van der Waals surface area contributed by atoms with Crippen LogP contribution in [0, 0.1) is 11.6 Å². The van der Waals surface area contributed by atoms with Crippen LogP contribution in [-0.2, 0) is 11.3 Å². The zero-order chi connectivity index (χ0) is 18.5. The van der Waals surface area contributed by atoms with Crippen LogP contribution in [0.1, 0.15) is 22.6 Å². The van der Waals surface area contributed by atoms with Crippen LogP contribution in [0.4, 0.5) is 8.78 Å². The molecule has 2 N–H and O–H groups in total. The van der Waals surface area contributed by atoms with Gasteiger partial charge in [0.25, 0.3) is 5.91 Å². The number of halogens is 2. The Morgan fingerprint density at radius 3 is 2.73 bits per heavy atom. The molecule has 134 valence electrons. The zero-order valence-corrected chi connectivity index (χ0v) is 13.6. The van der Waals surface area contributed by atoms with E-state index in [1.165, 1.54) is 0 Å². The van der Waals surface area contributed by atoms with Crippen LogP contribution in [0.3, 0.4) is 0 Å². The molecule has 9 heteroatoms. The molecule has 7 nitrogen and oxygen atoms in total. The Kier molecular flexibility index (Phi) is 5.16. The number of fused-ring (bicyclic) bond motifs is 1. The number of amides is 2. The molecule has 0 fully saturated rings. The second-order valence-corrected chi connectivity index (χ2v) is 5.45. The fraction of sp³-hybridized carbons (Fsp3) is 0.176. The van der Waals surface area contributed by atoms with Gasteiger partial charge in [-0.1, -0.05) is 6.07 Å². The van der Waals surface area contributed by atoms with Gasteiger partial charge in [0.15, 0.2) is 11.5 Å². The van der Waals surface area contributed by atoms with E-state index in [9.17, 15) is 18.4 Å². The van der Waals surface area contributed by atoms with Crippen molar-refractivity contribution in [3.8, 4) is 0 Å². The minimum Gasteiger partial charge on any atom is -0.351 e. The van der Waals surface area contributed by atoms with Crippen molar-refractivity contribution in [2.75, 3.05) is 6.54 Å². The lowest BCUT2D eigenvalue weighted by Gasteiger charge is -2.07. The predicted octanol–water partition coefficient (Wildman–Crippen LogP) is 1.44. The van der Waals surface area contributed by atoms with Crippen LogP contribution in [0.2, 0.25) is 0 Å². The van der Waals surface area contributed by atoms with Crippen molar-refractivity contribution in [2.45, 2.75) is 13.0 Å². The first-order valence-corrected chi connectivity index (χ1v) is 7.83. The molecule has 0 aliphatic carbocycles. The van der Waals surface area contributed by atoms with Crippen molar-refractivity contribution in [1.29, 1.82) is 0 Å². The number of hydrogen-bond donors (Lipinski definition) is 2. The molecule has 0 aliphatic heterocycles. The fourth-order valence-corrected chi connectivity index (χ4v) is 2.34. The molecule has 0 unspecified atom stereocenters. The Labute approximate surface area is 147 Å². The summed E-state index contributed by atoms with van der Waals surface area (Å²) in [4.78, 5) is 23.7. The highest BCUT2D eigenvalue weighted by molar-refractivity contribution is 5.94. The second kappa shape index (κ2) is 7.68. The van der Waals surface area contributed by atoms with Crippen molar-refractivity contribution in [3.63, 3.8) is 0 Å². The third-order valence-corrected chi connectivity index (χ3v) is 3.64. The maximum absolute atomic E-state index is 13.5. The van der Waals surface area contributed by atoms with Gasteiger partial charge >= 0.3 is 0 Å². The monoisotopic (exact) mass is 359 g/mol. The highest BCUT2D eigenvalue weighted by atomic mass is 19.1. The van der Waals surface area contributed by atoms with E-state index >= 15 is 0 Å². The first-order valence-electron chi connectivity index (χ1n) is 7.83. The molecule has 26 heavy (non-hydrogen) atoms. The van der Waals surface area contributed by atoms with E-state index in [1.54, 1.807) is 16.7 Å². The van der Waals surface area contributed by atoms with Gasteiger partial charge in [-0.2, -0.15) is 0 Å². The summed E-state index contributed by atoms with van der Waals surface area (Å²) in [6.45, 7) is 0.201. The number of benzene rings is 1. The van der Waals surface area contributed by atoms with Gasteiger partial charge < -0.3 is 10.6 Å². The SMILES string of the molecule is O=C(CCNC(=O)c1ccc(F)cc1F)NCc1nnc2ccccn12. The van der Waals surface area contributed by atoms with Crippen LogP contribution in [-0.4, -0.2) is 33.0 Å². The van der Waals surface area contributed by atoms with Crippen molar-refractivity contribution in [1.82, 2.24) is 25.2 Å². The molecular formula is C17H15F2N5O2. The van der Waals surface area contributed by atoms with Crippen LogP contribution in [0.25, 0.3) is 5.65 Å². The lowest BCUT2D eigenvalue weighted by Crippen LogP contribution is -2.31. The third kappa shape index (κ3) is 4.00. The van der Waals surface area contributed by atoms with Crippen molar-refractivity contribution in [2.24, 2.45) is 0 Å². The Hall–Kier alpha value is -3.36. The minimum absolute atomic E-state index is 0.00525. The predicted molar refractivity (Wildman–Crippen MR) is 88.1 cm³/mol. The highest BCUT2D eigenvalue weighted by Crippen LogP contribution is 2.09. The molecule has 0 saturated heterocycles. The second-order valence-electron chi connectivity index (χ2n) is 5.45. The van der Waals surface area contributed by atoms with E-state index < -0.39 is 17.5 Å². The summed E-state index contributed by atoms with van der Waals surface area (Å²) < 4.78 is 28.1. The molecule has 2 aromatic heterocycles. The van der Waals surface area contributed by atoms with E-state index in [-0.39, 0.29) is 31.0 Å². The van der Waals surface area contributed by atoms with Gasteiger partial charge in [0, 0.05) is 25.2 Å². The van der Waals surface area contributed by atoms with Gasteiger partial charge in [-0.3, -0.25) is 14.0 Å². The molecule has 0 aliphatic rings. The minimum atomic E-state index is -0.953. The molecule has 2 amide bonds.